The zero-order valence-corrected chi connectivity index (χ0v) is 38.7. The van der Waals surface area contributed by atoms with E-state index in [1.54, 1.807) is 13.8 Å². The lowest BCUT2D eigenvalue weighted by molar-refractivity contribution is -0.869. The minimum atomic E-state index is -1.17. The van der Waals surface area contributed by atoms with Crippen LogP contribution in [0.1, 0.15) is 132 Å². The molecule has 1 unspecified atom stereocenters. The highest BCUT2D eigenvalue weighted by atomic mass is 35.5. The fourth-order valence-corrected chi connectivity index (χ4v) is 14.0. The summed E-state index contributed by atoms with van der Waals surface area (Å²) in [7, 11) is 6.63. The molecule has 0 aliphatic heterocycles. The molecule has 5 aliphatic rings. The van der Waals surface area contributed by atoms with Crippen LogP contribution in [-0.4, -0.2) is 90.3 Å². The van der Waals surface area contributed by atoms with Crippen LogP contribution >= 0.6 is 11.6 Å². The van der Waals surface area contributed by atoms with Gasteiger partial charge in [-0.1, -0.05) is 77.8 Å². The number of aliphatic hydroxyl groups excluding tert-OH is 1. The summed E-state index contributed by atoms with van der Waals surface area (Å²) >= 11 is 6.26. The predicted molar refractivity (Wildman–Crippen MR) is 231 cm³/mol. The summed E-state index contributed by atoms with van der Waals surface area (Å²) in [6.45, 7) is 22.7. The van der Waals surface area contributed by atoms with Gasteiger partial charge in [-0.25, -0.2) is 0 Å². The summed E-state index contributed by atoms with van der Waals surface area (Å²) in [6, 6.07) is 8.04. The Hall–Kier alpha value is -2.26. The van der Waals surface area contributed by atoms with Gasteiger partial charge in [0.15, 0.2) is 5.78 Å². The van der Waals surface area contributed by atoms with Gasteiger partial charge < -0.3 is 19.4 Å². The van der Waals surface area contributed by atoms with Crippen LogP contribution in [0.4, 0.5) is 0 Å². The maximum Gasteiger partial charge on any atom is 0.309 e. The molecule has 8 nitrogen and oxygen atoms in total. The largest absolute Gasteiger partial charge is 0.481 e. The lowest BCUT2D eigenvalue weighted by atomic mass is 9.33. The topological polar surface area (TPSA) is 104 Å². The molecule has 1 aromatic rings. The van der Waals surface area contributed by atoms with E-state index in [0.717, 1.165) is 74.5 Å². The van der Waals surface area contributed by atoms with Crippen molar-refractivity contribution in [3.63, 3.8) is 0 Å². The molecule has 4 fully saturated rings. The number of carboxylic acid groups (broad SMARTS) is 1. The number of Topliss-reactive ketones (excluding diaryl/α,β-unsaturated/α-hetero) is 1. The Bertz CT molecular complexity index is 1780. The second-order valence-electron chi connectivity index (χ2n) is 22.9. The smallest absolute Gasteiger partial charge is 0.309 e. The van der Waals surface area contributed by atoms with E-state index in [2.05, 4.69) is 86.6 Å². The summed E-state index contributed by atoms with van der Waals surface area (Å²) in [5.74, 6) is 0.00462. The van der Waals surface area contributed by atoms with E-state index in [1.807, 2.05) is 12.1 Å². The number of hydrogen-bond acceptors (Lipinski definition) is 6. The molecule has 0 bridgehead atoms. The number of fused-ring (bicyclic) bond motifs is 7. The third-order valence-corrected chi connectivity index (χ3v) is 17.6. The molecular formula is C49H76ClN2O6+. The number of benzene rings is 1. The molecule has 5 aliphatic carbocycles. The normalized spacial score (nSPS) is 35.3. The van der Waals surface area contributed by atoms with Crippen molar-refractivity contribution < 1.29 is 33.8 Å². The lowest BCUT2D eigenvalue weighted by Crippen LogP contribution is -2.66. The van der Waals surface area contributed by atoms with Gasteiger partial charge in [0.25, 0.3) is 0 Å². The van der Waals surface area contributed by atoms with Gasteiger partial charge in [-0.3, -0.25) is 19.3 Å². The highest BCUT2D eigenvalue weighted by molar-refractivity contribution is 6.30. The molecule has 4 saturated carbocycles. The Labute approximate surface area is 355 Å². The number of carboxylic acids is 1. The second kappa shape index (κ2) is 15.6. The van der Waals surface area contributed by atoms with Crippen LogP contribution in [0.15, 0.2) is 35.4 Å². The molecule has 1 aromatic carbocycles. The highest BCUT2D eigenvalue weighted by Gasteiger charge is 2.71. The molecular weight excluding hydrogens is 748 g/mol. The molecule has 0 heterocycles. The van der Waals surface area contributed by atoms with Gasteiger partial charge in [0, 0.05) is 41.9 Å². The van der Waals surface area contributed by atoms with Crippen molar-refractivity contribution >= 4 is 29.3 Å². The molecule has 58 heavy (non-hydrogen) atoms. The van der Waals surface area contributed by atoms with Crippen LogP contribution in [-0.2, 0) is 25.7 Å². The van der Waals surface area contributed by atoms with Crippen LogP contribution < -0.4 is 0 Å². The number of aliphatic hydroxyl groups is 1. The summed E-state index contributed by atoms with van der Waals surface area (Å²) in [5.41, 5.74) is 1.55. The molecule has 324 valence electrons. The molecule has 0 amide bonds. The Morgan fingerprint density at radius 2 is 1.59 bits per heavy atom. The Kier molecular flexibility index (Phi) is 12.2. The number of aliphatic carboxylic acids is 1. The zero-order chi connectivity index (χ0) is 43.0. The first-order valence-corrected chi connectivity index (χ1v) is 22.8. The SMILES string of the molecule is CC(C)C1=C2[C@H]3CC[C@@H]4[C@@]5(C)CC[C@H](OC(=O)CC(C)(C)C(=O)O)C(C)(C)[C@@H]5CC[C@@]4(C)[C@]3(C)CC[C@@]2(C(O)CN(CC[N+](C)(C)C)Cc2ccc(Cl)cc2)CC1=O. The number of nitrogens with zero attached hydrogens (tertiary/aromatic N) is 2. The van der Waals surface area contributed by atoms with Crippen LogP contribution in [0.25, 0.3) is 0 Å². The number of hydrogen-bond donors (Lipinski definition) is 2. The highest BCUT2D eigenvalue weighted by Crippen LogP contribution is 2.77. The standard InChI is InChI=1S/C49H75ClN2O6/c1-31(2)41-35(53)27-49(38(54)30-51(25-26-52(10,11)12)29-32-13-15-33(50)16-14-32)24-23-47(8)34(42(41)49)17-18-37-46(7)21-20-39(58-40(55)28-44(3,4)43(56)57)45(5,6)36(46)19-22-48(37,47)9/h13-16,31,34,36-39,54H,17-30H2,1-12H3/p+1/t34-,36+,37-,38?,39+,46+,47-,48-,49+/m1/s1. The predicted octanol–water partition coefficient (Wildman–Crippen LogP) is 9.60. The minimum Gasteiger partial charge on any atom is -0.481 e. The number of allylic oxidation sites excluding steroid dienone is 1. The first-order chi connectivity index (χ1) is 26.7. The van der Waals surface area contributed by atoms with E-state index < -0.39 is 28.9 Å². The molecule has 0 spiro atoms. The van der Waals surface area contributed by atoms with E-state index in [1.165, 1.54) is 11.1 Å². The Morgan fingerprint density at radius 3 is 2.19 bits per heavy atom. The molecule has 0 radical (unpaired) electrons. The summed E-state index contributed by atoms with van der Waals surface area (Å²) in [6.07, 6.45) is 7.14. The van der Waals surface area contributed by atoms with Crippen molar-refractivity contribution in [3.8, 4) is 0 Å². The summed E-state index contributed by atoms with van der Waals surface area (Å²) < 4.78 is 7.03. The lowest BCUT2D eigenvalue weighted by Gasteiger charge is -2.72. The molecule has 2 N–H and O–H groups in total. The number of esters is 1. The van der Waals surface area contributed by atoms with Crippen molar-refractivity contribution in [2.75, 3.05) is 40.8 Å². The zero-order valence-electron chi connectivity index (χ0n) is 38.0. The van der Waals surface area contributed by atoms with Gasteiger partial charge in [0.1, 0.15) is 6.10 Å². The fourth-order valence-electron chi connectivity index (χ4n) is 13.9. The molecule has 0 saturated heterocycles. The van der Waals surface area contributed by atoms with Crippen molar-refractivity contribution in [2.45, 2.75) is 145 Å². The Morgan fingerprint density at radius 1 is 0.931 bits per heavy atom. The third-order valence-electron chi connectivity index (χ3n) is 17.3. The average Bonchev–Trinajstić information content (AvgIpc) is 3.42. The minimum absolute atomic E-state index is 0.0320. The van der Waals surface area contributed by atoms with Gasteiger partial charge >= 0.3 is 11.9 Å². The summed E-state index contributed by atoms with van der Waals surface area (Å²) in [5, 5.41) is 23.1. The van der Waals surface area contributed by atoms with E-state index in [-0.39, 0.29) is 51.8 Å². The quantitative estimate of drug-likeness (QED) is 0.151. The van der Waals surface area contributed by atoms with Crippen LogP contribution in [0, 0.1) is 56.2 Å². The van der Waals surface area contributed by atoms with Gasteiger partial charge in [0.2, 0.25) is 0 Å². The molecule has 9 heteroatoms. The molecule has 6 rings (SSSR count). The van der Waals surface area contributed by atoms with E-state index in [9.17, 15) is 24.6 Å². The van der Waals surface area contributed by atoms with E-state index in [4.69, 9.17) is 16.3 Å². The van der Waals surface area contributed by atoms with E-state index in [0.29, 0.717) is 36.4 Å². The van der Waals surface area contributed by atoms with Crippen LogP contribution in [0.3, 0.4) is 0 Å². The number of rotatable bonds is 13. The van der Waals surface area contributed by atoms with Gasteiger partial charge in [-0.05, 0) is 128 Å². The van der Waals surface area contributed by atoms with Crippen molar-refractivity contribution in [1.29, 1.82) is 0 Å². The first kappa shape index (κ1) is 45.3. The first-order valence-electron chi connectivity index (χ1n) is 22.4. The van der Waals surface area contributed by atoms with Crippen LogP contribution in [0.2, 0.25) is 5.02 Å². The maximum absolute atomic E-state index is 14.4. The number of halogens is 1. The Balaban J connectivity index is 1.29. The van der Waals surface area contributed by atoms with Gasteiger partial charge in [0.05, 0.1) is 45.6 Å². The second-order valence-corrected chi connectivity index (χ2v) is 23.4. The van der Waals surface area contributed by atoms with Crippen molar-refractivity contribution in [3.05, 3.63) is 46.0 Å². The van der Waals surface area contributed by atoms with E-state index >= 15 is 0 Å². The van der Waals surface area contributed by atoms with Crippen LogP contribution in [0.5, 0.6) is 0 Å². The molecule has 0 aromatic heterocycles. The number of carbonyl (C=O) groups is 3. The monoisotopic (exact) mass is 824 g/mol. The molecule has 9 atom stereocenters. The van der Waals surface area contributed by atoms with Gasteiger partial charge in [-0.2, -0.15) is 0 Å². The maximum atomic E-state index is 14.4. The van der Waals surface area contributed by atoms with Crippen molar-refractivity contribution in [1.82, 2.24) is 4.90 Å². The third kappa shape index (κ3) is 7.77. The summed E-state index contributed by atoms with van der Waals surface area (Å²) in [4.78, 5) is 41.7. The number of ketones is 1. The van der Waals surface area contributed by atoms with Crippen molar-refractivity contribution in [2.24, 2.45) is 56.2 Å². The fraction of sp³-hybridized carbons (Fsp3) is 0.776. The number of carbonyl (C=O) groups excluding carboxylic acids is 2. The van der Waals surface area contributed by atoms with Gasteiger partial charge in [-0.15, -0.1) is 0 Å². The number of likely N-dealkylation sites (N-methyl/N-ethyl adjacent to an activating group) is 1. The number of quaternary nitrogens is 1. The average molecular weight is 825 g/mol. The number of ether oxygens (including phenoxy) is 1.